The summed E-state index contributed by atoms with van der Waals surface area (Å²) in [7, 11) is 0. The molecular weight excluding hydrogens is 156 g/mol. The van der Waals surface area contributed by atoms with Gasteiger partial charge >= 0.3 is 0 Å². The van der Waals surface area contributed by atoms with Crippen molar-refractivity contribution in [1.82, 2.24) is 0 Å². The molecule has 0 nitrogen and oxygen atoms in total. The second-order valence-electron chi connectivity index (χ2n) is 4.72. The highest BCUT2D eigenvalue weighted by Crippen LogP contribution is 2.66. The summed E-state index contributed by atoms with van der Waals surface area (Å²) in [6.07, 6.45) is 14.9. The predicted octanol–water partition coefficient (Wildman–Crippen LogP) is 3.40. The maximum Gasteiger partial charge on any atom is 0.0259 e. The van der Waals surface area contributed by atoms with Crippen molar-refractivity contribution < 1.29 is 0 Å². The van der Waals surface area contributed by atoms with Gasteiger partial charge in [0.2, 0.25) is 0 Å². The van der Waals surface area contributed by atoms with E-state index in [0.29, 0.717) is 10.8 Å². The van der Waals surface area contributed by atoms with Crippen LogP contribution < -0.4 is 0 Å². The molecule has 0 fully saturated rings. The van der Waals surface area contributed by atoms with E-state index >= 15 is 0 Å². The lowest BCUT2D eigenvalue weighted by Crippen LogP contribution is -2.42. The van der Waals surface area contributed by atoms with E-state index in [0.717, 1.165) is 0 Å². The number of hydrogen-bond donors (Lipinski definition) is 0. The van der Waals surface area contributed by atoms with Gasteiger partial charge in [0.25, 0.3) is 0 Å². The fourth-order valence-electron chi connectivity index (χ4n) is 2.94. The van der Waals surface area contributed by atoms with Gasteiger partial charge < -0.3 is 0 Å². The SMILES string of the molecule is CC12C=C3C=CC=CC(=CC1)C32C. The van der Waals surface area contributed by atoms with Gasteiger partial charge in [0.15, 0.2) is 0 Å². The number of hydrogen-bond acceptors (Lipinski definition) is 0. The van der Waals surface area contributed by atoms with Gasteiger partial charge in [-0.15, -0.1) is 0 Å². The van der Waals surface area contributed by atoms with Crippen LogP contribution in [0.15, 0.2) is 47.6 Å². The van der Waals surface area contributed by atoms with Crippen LogP contribution in [0.3, 0.4) is 0 Å². The van der Waals surface area contributed by atoms with Crippen LogP contribution in [0.2, 0.25) is 0 Å². The predicted molar refractivity (Wildman–Crippen MR) is 55.3 cm³/mol. The zero-order valence-corrected chi connectivity index (χ0v) is 8.17. The first-order valence-electron chi connectivity index (χ1n) is 4.96. The molecule has 3 aliphatic carbocycles. The molecule has 3 aliphatic rings. The first-order valence-corrected chi connectivity index (χ1v) is 4.96. The highest BCUT2D eigenvalue weighted by atomic mass is 14.6. The lowest BCUT2D eigenvalue weighted by atomic mass is 9.52. The molecule has 0 amide bonds. The van der Waals surface area contributed by atoms with Crippen LogP contribution >= 0.6 is 0 Å². The van der Waals surface area contributed by atoms with Crippen molar-refractivity contribution in [3.63, 3.8) is 0 Å². The summed E-state index contributed by atoms with van der Waals surface area (Å²) in [5.74, 6) is 0. The Balaban J connectivity index is 2.26. The highest BCUT2D eigenvalue weighted by Gasteiger charge is 2.56. The Labute approximate surface area is 79.3 Å². The largest absolute Gasteiger partial charge is 0.0795 e. The summed E-state index contributed by atoms with van der Waals surface area (Å²) in [4.78, 5) is 0. The zero-order chi connectivity index (χ0) is 9.10. The molecule has 0 aromatic heterocycles. The average molecular weight is 170 g/mol. The Morgan fingerprint density at radius 3 is 2.54 bits per heavy atom. The van der Waals surface area contributed by atoms with Crippen LogP contribution in [-0.2, 0) is 0 Å². The molecule has 0 aromatic rings. The molecule has 66 valence electrons. The third-order valence-corrected chi connectivity index (χ3v) is 4.18. The van der Waals surface area contributed by atoms with Crippen LogP contribution in [0, 0.1) is 10.8 Å². The van der Waals surface area contributed by atoms with Gasteiger partial charge in [-0.3, -0.25) is 0 Å². The third-order valence-electron chi connectivity index (χ3n) is 4.18. The Kier molecular flexibility index (Phi) is 1.07. The van der Waals surface area contributed by atoms with Crippen molar-refractivity contribution in [2.24, 2.45) is 10.8 Å². The van der Waals surface area contributed by atoms with Crippen LogP contribution in [0.4, 0.5) is 0 Å². The Bertz CT molecular complexity index is 392. The van der Waals surface area contributed by atoms with E-state index in [4.69, 9.17) is 0 Å². The van der Waals surface area contributed by atoms with E-state index in [1.54, 1.807) is 0 Å². The number of rotatable bonds is 0. The van der Waals surface area contributed by atoms with Gasteiger partial charge in [-0.05, 0) is 17.6 Å². The molecule has 0 aromatic carbocycles. The molecule has 3 rings (SSSR count). The lowest BCUT2D eigenvalue weighted by Gasteiger charge is -2.50. The minimum absolute atomic E-state index is 0.316. The molecule has 0 radical (unpaired) electrons. The maximum absolute atomic E-state index is 2.43. The number of allylic oxidation sites excluding steroid dienone is 8. The first kappa shape index (κ1) is 7.37. The van der Waals surface area contributed by atoms with Crippen molar-refractivity contribution in [3.05, 3.63) is 47.6 Å². The fourth-order valence-corrected chi connectivity index (χ4v) is 2.94. The molecule has 0 aliphatic heterocycles. The van der Waals surface area contributed by atoms with E-state index < -0.39 is 0 Å². The van der Waals surface area contributed by atoms with Gasteiger partial charge in [0, 0.05) is 10.8 Å². The second kappa shape index (κ2) is 1.89. The molecule has 0 heteroatoms. The first-order chi connectivity index (χ1) is 6.17. The summed E-state index contributed by atoms with van der Waals surface area (Å²) in [5.41, 5.74) is 3.73. The van der Waals surface area contributed by atoms with Crippen LogP contribution in [0.25, 0.3) is 0 Å². The zero-order valence-electron chi connectivity index (χ0n) is 8.17. The molecule has 0 bridgehead atoms. The Morgan fingerprint density at radius 2 is 1.77 bits per heavy atom. The van der Waals surface area contributed by atoms with E-state index in [9.17, 15) is 0 Å². The lowest BCUT2D eigenvalue weighted by molar-refractivity contribution is 0.199. The van der Waals surface area contributed by atoms with E-state index in [1.165, 1.54) is 17.6 Å². The van der Waals surface area contributed by atoms with Crippen molar-refractivity contribution in [3.8, 4) is 0 Å². The van der Waals surface area contributed by atoms with Crippen LogP contribution in [0.1, 0.15) is 20.3 Å². The topological polar surface area (TPSA) is 0 Å². The molecule has 2 atom stereocenters. The molecule has 13 heavy (non-hydrogen) atoms. The van der Waals surface area contributed by atoms with Crippen molar-refractivity contribution >= 4 is 0 Å². The monoisotopic (exact) mass is 170 g/mol. The van der Waals surface area contributed by atoms with Gasteiger partial charge in [-0.1, -0.05) is 50.3 Å². The quantitative estimate of drug-likeness (QED) is 0.522. The summed E-state index contributed by atoms with van der Waals surface area (Å²) < 4.78 is 0. The van der Waals surface area contributed by atoms with Crippen LogP contribution in [-0.4, -0.2) is 0 Å². The summed E-state index contributed by atoms with van der Waals surface area (Å²) >= 11 is 0. The van der Waals surface area contributed by atoms with Crippen molar-refractivity contribution in [2.45, 2.75) is 20.3 Å². The van der Waals surface area contributed by atoms with E-state index in [1.807, 2.05) is 0 Å². The molecule has 0 saturated heterocycles. The van der Waals surface area contributed by atoms with Gasteiger partial charge in [0.1, 0.15) is 0 Å². The maximum atomic E-state index is 2.43. The second-order valence-corrected chi connectivity index (χ2v) is 4.72. The van der Waals surface area contributed by atoms with Crippen molar-refractivity contribution in [2.75, 3.05) is 0 Å². The Morgan fingerprint density at radius 1 is 1.08 bits per heavy atom. The molecule has 0 heterocycles. The molecule has 0 saturated carbocycles. The van der Waals surface area contributed by atoms with E-state index in [-0.39, 0.29) is 0 Å². The average Bonchev–Trinajstić information content (AvgIpc) is 2.25. The molecule has 0 N–H and O–H groups in total. The van der Waals surface area contributed by atoms with E-state index in [2.05, 4.69) is 50.3 Å². The van der Waals surface area contributed by atoms with Gasteiger partial charge in [-0.2, -0.15) is 0 Å². The summed E-state index contributed by atoms with van der Waals surface area (Å²) in [6, 6.07) is 0. The van der Waals surface area contributed by atoms with Gasteiger partial charge in [0.05, 0.1) is 0 Å². The molecular formula is C13H14. The summed E-state index contributed by atoms with van der Waals surface area (Å²) in [5, 5.41) is 0. The highest BCUT2D eigenvalue weighted by molar-refractivity contribution is 5.58. The Hall–Kier alpha value is -1.04. The minimum Gasteiger partial charge on any atom is -0.0795 e. The molecule has 2 unspecified atom stereocenters. The standard InChI is InChI=1S/C13H14/c1-12-8-7-10-5-3-4-6-11(9-12)13(10,12)2/h3-7,9H,8H2,1-2H3. The fraction of sp³-hybridized carbons (Fsp3) is 0.385. The molecule has 0 spiro atoms. The smallest absolute Gasteiger partial charge is 0.0259 e. The van der Waals surface area contributed by atoms with Gasteiger partial charge in [-0.25, -0.2) is 0 Å². The van der Waals surface area contributed by atoms with Crippen LogP contribution in [0.5, 0.6) is 0 Å². The third kappa shape index (κ3) is 0.611. The minimum atomic E-state index is 0.316. The van der Waals surface area contributed by atoms with Crippen molar-refractivity contribution in [1.29, 1.82) is 0 Å². The summed E-state index contributed by atoms with van der Waals surface area (Å²) in [6.45, 7) is 4.74. The normalized spacial score (nSPS) is 44.8.